The molecule has 2 aromatic rings. The minimum Gasteiger partial charge on any atom is -0.304 e. The maximum atomic E-state index is 11.6. The van der Waals surface area contributed by atoms with E-state index in [0.717, 1.165) is 5.56 Å². The van der Waals surface area contributed by atoms with E-state index in [1.165, 1.54) is 11.3 Å². The van der Waals surface area contributed by atoms with Crippen LogP contribution in [0.2, 0.25) is 0 Å². The Morgan fingerprint density at radius 3 is 2.87 bits per heavy atom. The Morgan fingerprint density at radius 2 is 2.27 bits per heavy atom. The molecule has 15 heavy (non-hydrogen) atoms. The molecule has 0 fully saturated rings. The molecule has 0 radical (unpaired) electrons. The molecule has 4 nitrogen and oxygen atoms in total. The lowest BCUT2D eigenvalue weighted by molar-refractivity contribution is 0.102. The average molecular weight is 219 g/mol. The number of aryl methyl sites for hydroxylation is 1. The first-order chi connectivity index (χ1) is 7.25. The Balaban J connectivity index is 2.09. The summed E-state index contributed by atoms with van der Waals surface area (Å²) in [5.41, 5.74) is 1.06. The lowest BCUT2D eigenvalue weighted by Gasteiger charge is -2.01. The summed E-state index contributed by atoms with van der Waals surface area (Å²) in [4.78, 5) is 19.5. The summed E-state index contributed by atoms with van der Waals surface area (Å²) in [5.74, 6) is 0.321. The highest BCUT2D eigenvalue weighted by molar-refractivity contribution is 7.11. The van der Waals surface area contributed by atoms with Crippen molar-refractivity contribution in [1.82, 2.24) is 9.97 Å². The van der Waals surface area contributed by atoms with Gasteiger partial charge >= 0.3 is 0 Å². The largest absolute Gasteiger partial charge is 0.304 e. The van der Waals surface area contributed by atoms with Crippen LogP contribution >= 0.6 is 11.3 Å². The standard InChI is InChI=1S/C10H9N3OS/c1-7-2-3-8(12-6-7)13-9(14)10-11-4-5-15-10/h2-6H,1H3,(H,12,13,14). The molecule has 0 unspecified atom stereocenters. The average Bonchev–Trinajstić information content (AvgIpc) is 2.74. The van der Waals surface area contributed by atoms with Crippen molar-refractivity contribution in [2.45, 2.75) is 6.92 Å². The molecule has 76 valence electrons. The number of anilines is 1. The molecule has 0 bridgehead atoms. The van der Waals surface area contributed by atoms with E-state index in [1.807, 2.05) is 13.0 Å². The van der Waals surface area contributed by atoms with Gasteiger partial charge in [-0.05, 0) is 18.6 Å². The Bertz CT molecular complexity index is 450. The Hall–Kier alpha value is -1.75. The van der Waals surface area contributed by atoms with Crippen molar-refractivity contribution in [3.8, 4) is 0 Å². The van der Waals surface area contributed by atoms with Crippen molar-refractivity contribution in [2.24, 2.45) is 0 Å². The maximum absolute atomic E-state index is 11.6. The highest BCUT2D eigenvalue weighted by Crippen LogP contribution is 2.08. The molecule has 5 heteroatoms. The van der Waals surface area contributed by atoms with E-state index in [4.69, 9.17) is 0 Å². The zero-order valence-corrected chi connectivity index (χ0v) is 8.91. The van der Waals surface area contributed by atoms with Gasteiger partial charge in [-0.25, -0.2) is 9.97 Å². The smallest absolute Gasteiger partial charge is 0.285 e. The van der Waals surface area contributed by atoms with Gasteiger partial charge in [-0.1, -0.05) is 6.07 Å². The summed E-state index contributed by atoms with van der Waals surface area (Å²) in [6.45, 7) is 1.94. The van der Waals surface area contributed by atoms with Crippen LogP contribution in [-0.2, 0) is 0 Å². The fourth-order valence-corrected chi connectivity index (χ4v) is 1.58. The number of carbonyl (C=O) groups excluding carboxylic acids is 1. The van der Waals surface area contributed by atoms with Crippen LogP contribution in [0.25, 0.3) is 0 Å². The monoisotopic (exact) mass is 219 g/mol. The van der Waals surface area contributed by atoms with E-state index in [1.54, 1.807) is 23.8 Å². The normalized spacial score (nSPS) is 9.93. The van der Waals surface area contributed by atoms with Crippen molar-refractivity contribution in [3.05, 3.63) is 40.5 Å². The third kappa shape index (κ3) is 2.38. The molecule has 0 atom stereocenters. The van der Waals surface area contributed by atoms with Crippen molar-refractivity contribution < 1.29 is 4.79 Å². The van der Waals surface area contributed by atoms with E-state index >= 15 is 0 Å². The fraction of sp³-hybridized carbons (Fsp3) is 0.100. The molecule has 1 amide bonds. The Morgan fingerprint density at radius 1 is 1.40 bits per heavy atom. The van der Waals surface area contributed by atoms with Gasteiger partial charge in [-0.15, -0.1) is 11.3 Å². The van der Waals surface area contributed by atoms with Crippen LogP contribution in [0, 0.1) is 6.92 Å². The number of amides is 1. The lowest BCUT2D eigenvalue weighted by Crippen LogP contribution is -2.12. The zero-order chi connectivity index (χ0) is 10.7. The van der Waals surface area contributed by atoms with Crippen molar-refractivity contribution in [2.75, 3.05) is 5.32 Å². The highest BCUT2D eigenvalue weighted by Gasteiger charge is 2.08. The van der Waals surface area contributed by atoms with Crippen LogP contribution in [0.1, 0.15) is 15.4 Å². The predicted molar refractivity (Wildman–Crippen MR) is 59.0 cm³/mol. The Kier molecular flexibility index (Phi) is 2.73. The van der Waals surface area contributed by atoms with Gasteiger partial charge < -0.3 is 5.32 Å². The fourth-order valence-electron chi connectivity index (χ4n) is 1.05. The number of pyridine rings is 1. The number of aromatic nitrogens is 2. The van der Waals surface area contributed by atoms with Gasteiger partial charge in [0.25, 0.3) is 5.91 Å². The molecule has 0 aliphatic rings. The predicted octanol–water partition coefficient (Wildman–Crippen LogP) is 2.10. The molecule has 0 spiro atoms. The van der Waals surface area contributed by atoms with E-state index in [0.29, 0.717) is 10.8 Å². The van der Waals surface area contributed by atoms with Gasteiger partial charge in [0.2, 0.25) is 0 Å². The van der Waals surface area contributed by atoms with E-state index in [-0.39, 0.29) is 5.91 Å². The molecule has 0 aromatic carbocycles. The first kappa shape index (κ1) is 9.79. The van der Waals surface area contributed by atoms with Crippen LogP contribution < -0.4 is 5.32 Å². The summed E-state index contributed by atoms with van der Waals surface area (Å²) in [6, 6.07) is 3.66. The minimum absolute atomic E-state index is 0.221. The Labute approximate surface area is 91.0 Å². The van der Waals surface area contributed by atoms with E-state index < -0.39 is 0 Å². The van der Waals surface area contributed by atoms with Crippen molar-refractivity contribution >= 4 is 23.1 Å². The summed E-state index contributed by atoms with van der Waals surface area (Å²) >= 11 is 1.30. The van der Waals surface area contributed by atoms with E-state index in [9.17, 15) is 4.79 Å². The molecule has 1 N–H and O–H groups in total. The third-order valence-electron chi connectivity index (χ3n) is 1.78. The second kappa shape index (κ2) is 4.18. The molecule has 0 aliphatic heterocycles. The molecule has 0 aliphatic carbocycles. The first-order valence-corrected chi connectivity index (χ1v) is 5.27. The summed E-state index contributed by atoms with van der Waals surface area (Å²) in [7, 11) is 0. The van der Waals surface area contributed by atoms with Gasteiger partial charge in [-0.2, -0.15) is 0 Å². The van der Waals surface area contributed by atoms with Crippen LogP contribution in [-0.4, -0.2) is 15.9 Å². The number of rotatable bonds is 2. The van der Waals surface area contributed by atoms with E-state index in [2.05, 4.69) is 15.3 Å². The van der Waals surface area contributed by atoms with Crippen molar-refractivity contribution in [3.63, 3.8) is 0 Å². The van der Waals surface area contributed by atoms with Gasteiger partial charge in [0.05, 0.1) is 0 Å². The van der Waals surface area contributed by atoms with Crippen LogP contribution in [0.5, 0.6) is 0 Å². The molecule has 2 rings (SSSR count). The van der Waals surface area contributed by atoms with Gasteiger partial charge in [0.1, 0.15) is 5.82 Å². The van der Waals surface area contributed by atoms with Crippen LogP contribution in [0.3, 0.4) is 0 Å². The number of carbonyl (C=O) groups is 1. The second-order valence-corrected chi connectivity index (χ2v) is 3.91. The van der Waals surface area contributed by atoms with Gasteiger partial charge in [-0.3, -0.25) is 4.79 Å². The number of hydrogen-bond donors (Lipinski definition) is 1. The summed E-state index contributed by atoms with van der Waals surface area (Å²) < 4.78 is 0. The highest BCUT2D eigenvalue weighted by atomic mass is 32.1. The molecule has 2 heterocycles. The molecule has 0 saturated heterocycles. The lowest BCUT2D eigenvalue weighted by atomic mass is 10.3. The third-order valence-corrected chi connectivity index (χ3v) is 2.55. The quantitative estimate of drug-likeness (QED) is 0.841. The molecule has 2 aromatic heterocycles. The number of nitrogens with one attached hydrogen (secondary N) is 1. The molecule has 0 saturated carbocycles. The van der Waals surface area contributed by atoms with Gasteiger partial charge in [0.15, 0.2) is 5.01 Å². The van der Waals surface area contributed by atoms with Gasteiger partial charge in [0, 0.05) is 17.8 Å². The molecular weight excluding hydrogens is 210 g/mol. The van der Waals surface area contributed by atoms with Crippen LogP contribution in [0.4, 0.5) is 5.82 Å². The topological polar surface area (TPSA) is 54.9 Å². The number of hydrogen-bond acceptors (Lipinski definition) is 4. The zero-order valence-electron chi connectivity index (χ0n) is 8.10. The minimum atomic E-state index is -0.221. The maximum Gasteiger partial charge on any atom is 0.285 e. The summed E-state index contributed by atoms with van der Waals surface area (Å²) in [6.07, 6.45) is 3.31. The second-order valence-electron chi connectivity index (χ2n) is 3.01. The number of thiazole rings is 1. The van der Waals surface area contributed by atoms with Crippen LogP contribution in [0.15, 0.2) is 29.9 Å². The SMILES string of the molecule is Cc1ccc(NC(=O)c2nccs2)nc1. The van der Waals surface area contributed by atoms with Crippen molar-refractivity contribution in [1.29, 1.82) is 0 Å². The number of nitrogens with zero attached hydrogens (tertiary/aromatic N) is 2. The molecular formula is C10H9N3OS. The first-order valence-electron chi connectivity index (χ1n) is 4.39. The summed E-state index contributed by atoms with van der Waals surface area (Å²) in [5, 5.41) is 4.87.